The van der Waals surface area contributed by atoms with Crippen LogP contribution in [0.25, 0.3) is 11.0 Å². The molecule has 168 valence electrons. The van der Waals surface area contributed by atoms with Gasteiger partial charge in [0.2, 0.25) is 17.8 Å². The lowest BCUT2D eigenvalue weighted by Crippen LogP contribution is -2.26. The van der Waals surface area contributed by atoms with Crippen LogP contribution in [0.3, 0.4) is 0 Å². The number of hydrogen-bond donors (Lipinski definition) is 2. The molecule has 0 bridgehead atoms. The SMILES string of the molecule is CN(C(=O)CC1CC1)c1ccc2c(c1)nc(NC(=O)c1ccc(C#N)cc1)n2CCC(N)=O. The van der Waals surface area contributed by atoms with E-state index in [4.69, 9.17) is 11.0 Å². The normalized spacial score (nSPS) is 12.8. The molecule has 1 heterocycles. The van der Waals surface area contributed by atoms with Crippen molar-refractivity contribution in [2.75, 3.05) is 17.3 Å². The summed E-state index contributed by atoms with van der Waals surface area (Å²) in [6.45, 7) is 0.241. The van der Waals surface area contributed by atoms with E-state index in [1.807, 2.05) is 18.2 Å². The highest BCUT2D eigenvalue weighted by Crippen LogP contribution is 2.33. The van der Waals surface area contributed by atoms with E-state index >= 15 is 0 Å². The van der Waals surface area contributed by atoms with Gasteiger partial charge in [0.05, 0.1) is 22.7 Å². The molecule has 4 rings (SSSR count). The quantitative estimate of drug-likeness (QED) is 0.551. The molecule has 0 spiro atoms. The van der Waals surface area contributed by atoms with Crippen molar-refractivity contribution >= 4 is 40.4 Å². The van der Waals surface area contributed by atoms with Gasteiger partial charge in [-0.2, -0.15) is 5.26 Å². The molecule has 0 radical (unpaired) electrons. The van der Waals surface area contributed by atoms with Gasteiger partial charge in [0.25, 0.3) is 5.91 Å². The first-order valence-electron chi connectivity index (χ1n) is 10.7. The summed E-state index contributed by atoms with van der Waals surface area (Å²) in [7, 11) is 1.74. The number of imidazole rings is 1. The van der Waals surface area contributed by atoms with E-state index in [0.717, 1.165) is 12.8 Å². The monoisotopic (exact) mass is 444 g/mol. The lowest BCUT2D eigenvalue weighted by molar-refractivity contribution is -0.119. The van der Waals surface area contributed by atoms with E-state index in [0.29, 0.717) is 40.2 Å². The number of nitriles is 1. The van der Waals surface area contributed by atoms with Crippen molar-refractivity contribution in [3.8, 4) is 6.07 Å². The van der Waals surface area contributed by atoms with Crippen molar-refractivity contribution in [1.82, 2.24) is 9.55 Å². The van der Waals surface area contributed by atoms with E-state index in [1.54, 1.807) is 46.8 Å². The number of carbonyl (C=O) groups excluding carboxylic acids is 3. The van der Waals surface area contributed by atoms with Crippen LogP contribution in [0.1, 0.15) is 41.6 Å². The van der Waals surface area contributed by atoms with Crippen molar-refractivity contribution in [1.29, 1.82) is 5.26 Å². The maximum absolute atomic E-state index is 12.8. The topological polar surface area (TPSA) is 134 Å². The molecule has 9 heteroatoms. The second kappa shape index (κ2) is 9.12. The predicted octanol–water partition coefficient (Wildman–Crippen LogP) is 2.80. The van der Waals surface area contributed by atoms with Gasteiger partial charge in [-0.3, -0.25) is 19.7 Å². The van der Waals surface area contributed by atoms with Crippen molar-refractivity contribution in [3.05, 3.63) is 53.6 Å². The molecule has 3 aromatic rings. The van der Waals surface area contributed by atoms with Gasteiger partial charge in [-0.15, -0.1) is 0 Å². The zero-order valence-electron chi connectivity index (χ0n) is 18.2. The molecular formula is C24H24N6O3. The number of amides is 3. The van der Waals surface area contributed by atoms with Crippen molar-refractivity contribution in [2.24, 2.45) is 11.7 Å². The highest BCUT2D eigenvalue weighted by atomic mass is 16.2. The van der Waals surface area contributed by atoms with Crippen LogP contribution in [-0.2, 0) is 16.1 Å². The molecule has 1 saturated carbocycles. The molecule has 0 saturated heterocycles. The maximum atomic E-state index is 12.8. The molecule has 0 atom stereocenters. The minimum absolute atomic E-state index is 0.0550. The number of aromatic nitrogens is 2. The molecule has 1 aliphatic carbocycles. The second-order valence-corrected chi connectivity index (χ2v) is 8.22. The number of hydrogen-bond acceptors (Lipinski definition) is 5. The Hall–Kier alpha value is -4.19. The van der Waals surface area contributed by atoms with Crippen LogP contribution in [0.15, 0.2) is 42.5 Å². The van der Waals surface area contributed by atoms with E-state index in [-0.39, 0.29) is 24.8 Å². The number of nitrogens with zero attached hydrogens (tertiary/aromatic N) is 4. The lowest BCUT2D eigenvalue weighted by atomic mass is 10.1. The molecular weight excluding hydrogens is 420 g/mol. The van der Waals surface area contributed by atoms with Crippen molar-refractivity contribution in [2.45, 2.75) is 32.2 Å². The van der Waals surface area contributed by atoms with E-state index < -0.39 is 11.8 Å². The maximum Gasteiger partial charge on any atom is 0.257 e. The largest absolute Gasteiger partial charge is 0.370 e. The van der Waals surface area contributed by atoms with Crippen LogP contribution in [-0.4, -0.2) is 34.3 Å². The Morgan fingerprint density at radius 3 is 2.58 bits per heavy atom. The minimum Gasteiger partial charge on any atom is -0.370 e. The number of anilines is 2. The summed E-state index contributed by atoms with van der Waals surface area (Å²) in [6.07, 6.45) is 2.82. The average molecular weight is 444 g/mol. The summed E-state index contributed by atoms with van der Waals surface area (Å²) < 4.78 is 1.72. The van der Waals surface area contributed by atoms with Gasteiger partial charge < -0.3 is 15.2 Å². The average Bonchev–Trinajstić information content (AvgIpc) is 3.56. The predicted molar refractivity (Wildman–Crippen MR) is 123 cm³/mol. The van der Waals surface area contributed by atoms with Gasteiger partial charge in [0.1, 0.15) is 0 Å². The highest BCUT2D eigenvalue weighted by molar-refractivity contribution is 6.04. The summed E-state index contributed by atoms with van der Waals surface area (Å²) in [5.74, 6) is -0.0554. The summed E-state index contributed by atoms with van der Waals surface area (Å²) >= 11 is 0. The number of carbonyl (C=O) groups is 3. The number of fused-ring (bicyclic) bond motifs is 1. The summed E-state index contributed by atoms with van der Waals surface area (Å²) in [6, 6.07) is 13.7. The third-order valence-corrected chi connectivity index (χ3v) is 5.74. The molecule has 1 aromatic heterocycles. The van der Waals surface area contributed by atoms with Crippen LogP contribution in [0.5, 0.6) is 0 Å². The summed E-state index contributed by atoms with van der Waals surface area (Å²) in [5.41, 5.74) is 8.15. The zero-order valence-corrected chi connectivity index (χ0v) is 18.2. The Kier molecular flexibility index (Phi) is 6.09. The molecule has 1 fully saturated rings. The van der Waals surface area contributed by atoms with Crippen LogP contribution >= 0.6 is 0 Å². The first-order valence-corrected chi connectivity index (χ1v) is 10.7. The van der Waals surface area contributed by atoms with Crippen LogP contribution < -0.4 is 16.0 Å². The molecule has 0 unspecified atom stereocenters. The van der Waals surface area contributed by atoms with Crippen LogP contribution in [0, 0.1) is 17.2 Å². The number of aryl methyl sites for hydroxylation is 1. The van der Waals surface area contributed by atoms with Crippen LogP contribution in [0.2, 0.25) is 0 Å². The molecule has 9 nitrogen and oxygen atoms in total. The Balaban J connectivity index is 1.63. The first-order chi connectivity index (χ1) is 15.9. The minimum atomic E-state index is -0.469. The Bertz CT molecular complexity index is 1270. The number of nitrogens with two attached hydrogens (primary N) is 1. The van der Waals surface area contributed by atoms with Gasteiger partial charge in [0.15, 0.2) is 0 Å². The summed E-state index contributed by atoms with van der Waals surface area (Å²) in [5, 5.41) is 11.7. The first kappa shape index (κ1) is 22.0. The third-order valence-electron chi connectivity index (χ3n) is 5.74. The molecule has 1 aliphatic rings. The Labute approximate surface area is 190 Å². The smallest absolute Gasteiger partial charge is 0.257 e. The number of rotatable bonds is 8. The molecule has 2 aromatic carbocycles. The highest BCUT2D eigenvalue weighted by Gasteiger charge is 2.26. The van der Waals surface area contributed by atoms with Gasteiger partial charge in [0, 0.05) is 37.7 Å². The molecule has 3 N–H and O–H groups in total. The van der Waals surface area contributed by atoms with Crippen molar-refractivity contribution in [3.63, 3.8) is 0 Å². The lowest BCUT2D eigenvalue weighted by Gasteiger charge is -2.17. The summed E-state index contributed by atoms with van der Waals surface area (Å²) in [4.78, 5) is 42.8. The Morgan fingerprint density at radius 2 is 1.94 bits per heavy atom. The Morgan fingerprint density at radius 1 is 1.21 bits per heavy atom. The number of primary amides is 1. The number of nitrogens with one attached hydrogen (secondary N) is 1. The molecule has 0 aliphatic heterocycles. The standard InChI is InChI=1S/C24H24N6O3/c1-29(22(32)12-15-2-3-15)18-8-9-20-19(13-18)27-24(30(20)11-10-21(26)31)28-23(33)17-6-4-16(14-25)5-7-17/h4-9,13,15H,2-3,10-12H2,1H3,(H2,26,31)(H,27,28,33). The van der Waals surface area contributed by atoms with Crippen molar-refractivity contribution < 1.29 is 14.4 Å². The van der Waals surface area contributed by atoms with Gasteiger partial charge in [-0.1, -0.05) is 0 Å². The van der Waals surface area contributed by atoms with Gasteiger partial charge >= 0.3 is 0 Å². The fourth-order valence-corrected chi connectivity index (χ4v) is 3.59. The molecule has 3 amide bonds. The fraction of sp³-hybridized carbons (Fsp3) is 0.292. The van der Waals surface area contributed by atoms with E-state index in [1.165, 1.54) is 0 Å². The third kappa shape index (κ3) is 5.01. The van der Waals surface area contributed by atoms with E-state index in [2.05, 4.69) is 10.3 Å². The fourth-order valence-electron chi connectivity index (χ4n) is 3.59. The van der Waals surface area contributed by atoms with Crippen LogP contribution in [0.4, 0.5) is 11.6 Å². The zero-order chi connectivity index (χ0) is 23.5. The number of benzene rings is 2. The molecule has 33 heavy (non-hydrogen) atoms. The van der Waals surface area contributed by atoms with E-state index in [9.17, 15) is 14.4 Å². The second-order valence-electron chi connectivity index (χ2n) is 8.22. The van der Waals surface area contributed by atoms with Gasteiger partial charge in [-0.25, -0.2) is 4.98 Å². The van der Waals surface area contributed by atoms with Gasteiger partial charge in [-0.05, 0) is 61.2 Å².